The summed E-state index contributed by atoms with van der Waals surface area (Å²) in [5.41, 5.74) is 0. The van der Waals surface area contributed by atoms with Crippen molar-refractivity contribution >= 4 is 11.3 Å². The summed E-state index contributed by atoms with van der Waals surface area (Å²) in [6.07, 6.45) is 3.67. The van der Waals surface area contributed by atoms with Crippen LogP contribution >= 0.6 is 11.3 Å². The van der Waals surface area contributed by atoms with Gasteiger partial charge < -0.3 is 5.32 Å². The van der Waals surface area contributed by atoms with E-state index in [1.165, 1.54) is 24.2 Å². The van der Waals surface area contributed by atoms with Gasteiger partial charge in [-0.05, 0) is 31.5 Å². The molecule has 1 aromatic heterocycles. The number of halogens is 1. The number of nitrogens with one attached hydrogen (secondary N) is 1. The first-order valence-corrected chi connectivity index (χ1v) is 5.16. The third kappa shape index (κ3) is 1.67. The average Bonchev–Trinajstić information content (AvgIpc) is 2.54. The SMILES string of the molecule is Fc1ccc([C@H]2CCCCN2)s1. The first-order valence-electron chi connectivity index (χ1n) is 4.35. The molecule has 1 saturated heterocycles. The molecule has 1 aliphatic heterocycles. The van der Waals surface area contributed by atoms with Gasteiger partial charge in [0.25, 0.3) is 0 Å². The minimum atomic E-state index is -0.0719. The molecule has 1 fully saturated rings. The number of hydrogen-bond acceptors (Lipinski definition) is 2. The summed E-state index contributed by atoms with van der Waals surface area (Å²) in [6, 6.07) is 3.85. The Kier molecular flexibility index (Phi) is 2.42. The van der Waals surface area contributed by atoms with Gasteiger partial charge in [0.2, 0.25) is 0 Å². The average molecular weight is 185 g/mol. The maximum absolute atomic E-state index is 12.7. The Morgan fingerprint density at radius 1 is 1.42 bits per heavy atom. The van der Waals surface area contributed by atoms with Gasteiger partial charge in [0.1, 0.15) is 0 Å². The lowest BCUT2D eigenvalue weighted by molar-refractivity contribution is 0.417. The van der Waals surface area contributed by atoms with E-state index in [1.54, 1.807) is 6.07 Å². The van der Waals surface area contributed by atoms with Gasteiger partial charge in [-0.25, -0.2) is 0 Å². The smallest absolute Gasteiger partial charge is 0.176 e. The number of thiophene rings is 1. The minimum Gasteiger partial charge on any atom is -0.309 e. The second-order valence-corrected chi connectivity index (χ2v) is 4.21. The third-order valence-corrected chi connectivity index (χ3v) is 3.24. The molecule has 0 radical (unpaired) electrons. The van der Waals surface area contributed by atoms with Crippen molar-refractivity contribution in [1.82, 2.24) is 5.32 Å². The van der Waals surface area contributed by atoms with Crippen molar-refractivity contribution < 1.29 is 4.39 Å². The van der Waals surface area contributed by atoms with Gasteiger partial charge in [-0.1, -0.05) is 6.42 Å². The Morgan fingerprint density at radius 2 is 2.33 bits per heavy atom. The van der Waals surface area contributed by atoms with Crippen molar-refractivity contribution in [1.29, 1.82) is 0 Å². The van der Waals surface area contributed by atoms with Crippen LogP contribution < -0.4 is 5.32 Å². The number of hydrogen-bond donors (Lipinski definition) is 1. The van der Waals surface area contributed by atoms with E-state index >= 15 is 0 Å². The highest BCUT2D eigenvalue weighted by molar-refractivity contribution is 7.10. The molecule has 0 aliphatic carbocycles. The Labute approximate surface area is 75.6 Å². The largest absolute Gasteiger partial charge is 0.309 e. The summed E-state index contributed by atoms with van der Waals surface area (Å²) in [5.74, 6) is 0. The zero-order valence-corrected chi connectivity index (χ0v) is 7.66. The van der Waals surface area contributed by atoms with Crippen molar-refractivity contribution in [2.24, 2.45) is 0 Å². The molecule has 3 heteroatoms. The van der Waals surface area contributed by atoms with Crippen molar-refractivity contribution in [2.75, 3.05) is 6.54 Å². The Hall–Kier alpha value is -0.410. The number of rotatable bonds is 1. The van der Waals surface area contributed by atoms with Gasteiger partial charge in [0.05, 0.1) is 0 Å². The monoisotopic (exact) mass is 185 g/mol. The van der Waals surface area contributed by atoms with E-state index in [1.807, 2.05) is 6.07 Å². The van der Waals surface area contributed by atoms with Crippen LogP contribution in [0.25, 0.3) is 0 Å². The molecular formula is C9H12FNS. The van der Waals surface area contributed by atoms with E-state index < -0.39 is 0 Å². The summed E-state index contributed by atoms with van der Waals surface area (Å²) >= 11 is 1.27. The fraction of sp³-hybridized carbons (Fsp3) is 0.556. The summed E-state index contributed by atoms with van der Waals surface area (Å²) in [4.78, 5) is 1.15. The van der Waals surface area contributed by atoms with E-state index in [9.17, 15) is 4.39 Å². The van der Waals surface area contributed by atoms with Gasteiger partial charge in [0, 0.05) is 10.9 Å². The topological polar surface area (TPSA) is 12.0 Å². The molecule has 0 spiro atoms. The molecule has 1 N–H and O–H groups in total. The van der Waals surface area contributed by atoms with E-state index in [0.717, 1.165) is 17.8 Å². The van der Waals surface area contributed by atoms with Crippen LogP contribution in [0.5, 0.6) is 0 Å². The molecule has 2 rings (SSSR count). The maximum atomic E-state index is 12.7. The molecule has 66 valence electrons. The van der Waals surface area contributed by atoms with E-state index in [2.05, 4.69) is 5.32 Å². The predicted octanol–water partition coefficient (Wildman–Crippen LogP) is 2.70. The fourth-order valence-corrected chi connectivity index (χ4v) is 2.45. The molecule has 1 aliphatic rings. The zero-order chi connectivity index (χ0) is 8.39. The highest BCUT2D eigenvalue weighted by atomic mass is 32.1. The molecule has 1 atom stereocenters. The van der Waals surface area contributed by atoms with Crippen molar-refractivity contribution in [3.05, 3.63) is 22.1 Å². The van der Waals surface area contributed by atoms with Gasteiger partial charge in [-0.15, -0.1) is 11.3 Å². The quantitative estimate of drug-likeness (QED) is 0.709. The van der Waals surface area contributed by atoms with Gasteiger partial charge in [-0.3, -0.25) is 0 Å². The van der Waals surface area contributed by atoms with Gasteiger partial charge in [-0.2, -0.15) is 4.39 Å². The molecule has 1 aromatic rings. The third-order valence-electron chi connectivity index (χ3n) is 2.25. The van der Waals surface area contributed by atoms with Crippen molar-refractivity contribution in [3.63, 3.8) is 0 Å². The van der Waals surface area contributed by atoms with Crippen LogP contribution in [0.15, 0.2) is 12.1 Å². The first-order chi connectivity index (χ1) is 5.86. The predicted molar refractivity (Wildman–Crippen MR) is 48.9 cm³/mol. The van der Waals surface area contributed by atoms with Crippen LogP contribution in [-0.4, -0.2) is 6.54 Å². The number of piperidine rings is 1. The lowest BCUT2D eigenvalue weighted by Crippen LogP contribution is -2.25. The summed E-state index contributed by atoms with van der Waals surface area (Å²) in [7, 11) is 0. The highest BCUT2D eigenvalue weighted by Crippen LogP contribution is 2.27. The molecular weight excluding hydrogens is 173 g/mol. The summed E-state index contributed by atoms with van der Waals surface area (Å²) in [6.45, 7) is 1.07. The van der Waals surface area contributed by atoms with E-state index in [0.29, 0.717) is 6.04 Å². The van der Waals surface area contributed by atoms with Crippen molar-refractivity contribution in [3.8, 4) is 0 Å². The first kappa shape index (κ1) is 8.20. The van der Waals surface area contributed by atoms with Crippen LogP contribution in [-0.2, 0) is 0 Å². The van der Waals surface area contributed by atoms with Crippen LogP contribution in [0.2, 0.25) is 0 Å². The van der Waals surface area contributed by atoms with Crippen LogP contribution in [0.1, 0.15) is 30.2 Å². The normalized spacial score (nSPS) is 24.2. The highest BCUT2D eigenvalue weighted by Gasteiger charge is 2.16. The lowest BCUT2D eigenvalue weighted by atomic mass is 10.0. The molecule has 0 unspecified atom stereocenters. The standard InChI is InChI=1S/C9H12FNS/c10-9-5-4-8(12-9)7-3-1-2-6-11-7/h4-5,7,11H,1-3,6H2/t7-/m1/s1. The minimum absolute atomic E-state index is 0.0719. The maximum Gasteiger partial charge on any atom is 0.176 e. The molecule has 2 heterocycles. The molecule has 0 saturated carbocycles. The second kappa shape index (κ2) is 3.54. The molecule has 0 bridgehead atoms. The van der Waals surface area contributed by atoms with Crippen molar-refractivity contribution in [2.45, 2.75) is 25.3 Å². The van der Waals surface area contributed by atoms with Crippen LogP contribution in [0.3, 0.4) is 0 Å². The Balaban J connectivity index is 2.08. The fourth-order valence-electron chi connectivity index (χ4n) is 1.61. The lowest BCUT2D eigenvalue weighted by Gasteiger charge is -2.21. The van der Waals surface area contributed by atoms with E-state index in [4.69, 9.17) is 0 Å². The Bertz CT molecular complexity index is 253. The summed E-state index contributed by atoms with van der Waals surface area (Å²) in [5, 5.41) is 3.32. The molecule has 1 nitrogen and oxygen atoms in total. The molecule has 0 aromatic carbocycles. The van der Waals surface area contributed by atoms with Gasteiger partial charge in [0.15, 0.2) is 5.13 Å². The second-order valence-electron chi connectivity index (χ2n) is 3.14. The van der Waals surface area contributed by atoms with E-state index in [-0.39, 0.29) is 5.13 Å². The van der Waals surface area contributed by atoms with Crippen LogP contribution in [0, 0.1) is 5.13 Å². The van der Waals surface area contributed by atoms with Crippen LogP contribution in [0.4, 0.5) is 4.39 Å². The summed E-state index contributed by atoms with van der Waals surface area (Å²) < 4.78 is 12.7. The van der Waals surface area contributed by atoms with Gasteiger partial charge >= 0.3 is 0 Å². The molecule has 0 amide bonds. The zero-order valence-electron chi connectivity index (χ0n) is 6.85. The molecule has 12 heavy (non-hydrogen) atoms. The Morgan fingerprint density at radius 3 is 2.92 bits per heavy atom.